The van der Waals surface area contributed by atoms with Crippen LogP contribution in [-0.4, -0.2) is 71.2 Å². The summed E-state index contributed by atoms with van der Waals surface area (Å²) in [5.41, 5.74) is 1.11. The minimum absolute atomic E-state index is 0. The van der Waals surface area contributed by atoms with E-state index in [2.05, 4.69) is 10.2 Å². The molecule has 27 heavy (non-hydrogen) atoms. The zero-order chi connectivity index (χ0) is 18.0. The van der Waals surface area contributed by atoms with Gasteiger partial charge in [-0.25, -0.2) is 13.6 Å². The third-order valence-corrected chi connectivity index (χ3v) is 5.45. The number of carbonyl (C=O) groups is 1. The Morgan fingerprint density at radius 2 is 1.89 bits per heavy atom. The zero-order valence-corrected chi connectivity index (χ0v) is 17.5. The number of nitrogens with two attached hydrogens (primary N) is 1. The molecule has 0 saturated carbocycles. The van der Waals surface area contributed by atoms with Crippen molar-refractivity contribution in [2.45, 2.75) is 17.9 Å². The van der Waals surface area contributed by atoms with Crippen LogP contribution in [0.5, 0.6) is 0 Å². The molecule has 1 aromatic carbocycles. The summed E-state index contributed by atoms with van der Waals surface area (Å²) in [6.07, 6.45) is 0. The van der Waals surface area contributed by atoms with Crippen LogP contribution in [0, 0.1) is 0 Å². The highest BCUT2D eigenvalue weighted by Gasteiger charge is 2.27. The molecule has 154 valence electrons. The number of hydrogen-bond donors (Lipinski definition) is 2. The van der Waals surface area contributed by atoms with Crippen molar-refractivity contribution in [3.8, 4) is 0 Å². The second-order valence-electron chi connectivity index (χ2n) is 6.43. The number of carbonyl (C=O) groups excluding carboxylic acids is 1. The first kappa shape index (κ1) is 23.9. The minimum atomic E-state index is -3.87. The molecular weight excluding hydrogens is 415 g/mol. The van der Waals surface area contributed by atoms with Gasteiger partial charge < -0.3 is 19.9 Å². The van der Waals surface area contributed by atoms with Gasteiger partial charge in [0, 0.05) is 44.5 Å². The molecule has 2 aliphatic heterocycles. The Morgan fingerprint density at radius 3 is 2.48 bits per heavy atom. The first-order valence-corrected chi connectivity index (χ1v) is 9.93. The topological polar surface area (TPSA) is 105 Å². The number of ether oxygens (including phenoxy) is 1. The molecule has 8 nitrogen and oxygen atoms in total. The van der Waals surface area contributed by atoms with Crippen LogP contribution in [-0.2, 0) is 14.8 Å². The molecule has 0 bridgehead atoms. The van der Waals surface area contributed by atoms with Gasteiger partial charge in [-0.3, -0.25) is 4.79 Å². The highest BCUT2D eigenvalue weighted by Crippen LogP contribution is 2.26. The lowest BCUT2D eigenvalue weighted by Gasteiger charge is -2.34. The van der Waals surface area contributed by atoms with E-state index in [1.807, 2.05) is 6.92 Å². The summed E-state index contributed by atoms with van der Waals surface area (Å²) in [7, 11) is -3.87. The molecule has 1 aromatic rings. The average molecular weight is 441 g/mol. The molecule has 2 heterocycles. The lowest BCUT2D eigenvalue weighted by Crippen LogP contribution is -2.51. The fraction of sp³-hybridized carbons (Fsp3) is 0.562. The van der Waals surface area contributed by atoms with Crippen molar-refractivity contribution in [1.82, 2.24) is 10.2 Å². The lowest BCUT2D eigenvalue weighted by atomic mass is 10.1. The van der Waals surface area contributed by atoms with Crippen molar-refractivity contribution in [3.05, 3.63) is 23.8 Å². The fourth-order valence-electron chi connectivity index (χ4n) is 3.23. The molecule has 0 spiro atoms. The van der Waals surface area contributed by atoms with Crippen LogP contribution >= 0.6 is 24.8 Å². The number of nitrogens with zero attached hydrogens (tertiary/aromatic N) is 2. The molecule has 0 aliphatic carbocycles. The van der Waals surface area contributed by atoms with E-state index in [1.54, 1.807) is 11.0 Å². The molecule has 3 rings (SSSR count). The fourth-order valence-corrected chi connectivity index (χ4v) is 3.77. The van der Waals surface area contributed by atoms with Crippen molar-refractivity contribution in [1.29, 1.82) is 0 Å². The van der Waals surface area contributed by atoms with Crippen molar-refractivity contribution < 1.29 is 17.9 Å². The molecule has 11 heteroatoms. The number of halogens is 2. The Kier molecular flexibility index (Phi) is 8.78. The van der Waals surface area contributed by atoms with E-state index in [0.717, 1.165) is 5.69 Å². The predicted molar refractivity (Wildman–Crippen MR) is 109 cm³/mol. The third kappa shape index (κ3) is 5.69. The first-order chi connectivity index (χ1) is 11.9. The van der Waals surface area contributed by atoms with Crippen molar-refractivity contribution in [3.63, 3.8) is 0 Å². The van der Waals surface area contributed by atoms with E-state index in [-0.39, 0.29) is 41.7 Å². The van der Waals surface area contributed by atoms with Crippen LogP contribution in [0.2, 0.25) is 0 Å². The maximum atomic E-state index is 13.1. The highest BCUT2D eigenvalue weighted by atomic mass is 35.5. The van der Waals surface area contributed by atoms with Gasteiger partial charge in [0.25, 0.3) is 5.91 Å². The van der Waals surface area contributed by atoms with Gasteiger partial charge in [-0.15, -0.1) is 24.8 Å². The Morgan fingerprint density at radius 1 is 1.22 bits per heavy atom. The number of primary sulfonamides is 1. The SMILES string of the molecule is CC1CN(C(=O)c2cc(S(N)(=O)=O)ccc2N2CCOCC2)CCN1.Cl.Cl. The van der Waals surface area contributed by atoms with Crippen LogP contribution < -0.4 is 15.4 Å². The maximum absolute atomic E-state index is 13.1. The zero-order valence-electron chi connectivity index (χ0n) is 15.1. The van der Waals surface area contributed by atoms with E-state index in [9.17, 15) is 13.2 Å². The molecule has 2 saturated heterocycles. The average Bonchev–Trinajstić information content (AvgIpc) is 2.60. The molecule has 3 N–H and O–H groups in total. The van der Waals surface area contributed by atoms with Crippen LogP contribution in [0.25, 0.3) is 0 Å². The summed E-state index contributed by atoms with van der Waals surface area (Å²) in [5.74, 6) is -0.166. The van der Waals surface area contributed by atoms with E-state index in [4.69, 9.17) is 9.88 Å². The van der Waals surface area contributed by atoms with Crippen LogP contribution in [0.3, 0.4) is 0 Å². The molecule has 2 aliphatic rings. The van der Waals surface area contributed by atoms with Gasteiger partial charge in [-0.1, -0.05) is 0 Å². The monoisotopic (exact) mass is 440 g/mol. The Balaban J connectivity index is 0.00000182. The summed E-state index contributed by atoms with van der Waals surface area (Å²) in [6, 6.07) is 4.72. The summed E-state index contributed by atoms with van der Waals surface area (Å²) >= 11 is 0. The van der Waals surface area contributed by atoms with Gasteiger partial charge in [0.1, 0.15) is 0 Å². The first-order valence-electron chi connectivity index (χ1n) is 8.38. The van der Waals surface area contributed by atoms with Gasteiger partial charge in [0.05, 0.1) is 23.7 Å². The summed E-state index contributed by atoms with van der Waals surface area (Å²) < 4.78 is 28.8. The van der Waals surface area contributed by atoms with Gasteiger partial charge >= 0.3 is 0 Å². The molecule has 2 fully saturated rings. The van der Waals surface area contributed by atoms with Crippen molar-refractivity contribution in [2.75, 3.05) is 50.8 Å². The van der Waals surface area contributed by atoms with Crippen molar-refractivity contribution in [2.24, 2.45) is 5.14 Å². The van der Waals surface area contributed by atoms with E-state index >= 15 is 0 Å². The smallest absolute Gasteiger partial charge is 0.256 e. The Labute approximate surface area is 172 Å². The predicted octanol–water partition coefficient (Wildman–Crippen LogP) is 0.448. The number of benzene rings is 1. The second kappa shape index (κ2) is 9.90. The standard InChI is InChI=1S/C16H24N4O4S.2ClH/c1-12-11-20(5-4-18-12)16(21)14-10-13(25(17,22)23)2-3-15(14)19-6-8-24-9-7-19;;/h2-3,10,12,18H,4-9,11H2,1H3,(H2,17,22,23);2*1H. The number of sulfonamides is 1. The van der Waals surface area contributed by atoms with E-state index < -0.39 is 10.0 Å². The summed E-state index contributed by atoms with van der Waals surface area (Å²) in [6.45, 7) is 6.38. The third-order valence-electron chi connectivity index (χ3n) is 4.53. The molecule has 0 radical (unpaired) electrons. The highest BCUT2D eigenvalue weighted by molar-refractivity contribution is 7.89. The summed E-state index contributed by atoms with van der Waals surface area (Å²) in [5, 5.41) is 8.55. The number of rotatable bonds is 3. The molecule has 1 atom stereocenters. The Bertz CT molecular complexity index is 757. The van der Waals surface area contributed by atoms with Crippen LogP contribution in [0.4, 0.5) is 5.69 Å². The number of morpholine rings is 1. The van der Waals surface area contributed by atoms with Crippen molar-refractivity contribution >= 4 is 46.4 Å². The second-order valence-corrected chi connectivity index (χ2v) is 7.99. The van der Waals surface area contributed by atoms with E-state index in [0.29, 0.717) is 51.5 Å². The van der Waals surface area contributed by atoms with Gasteiger partial charge in [0.15, 0.2) is 0 Å². The van der Waals surface area contributed by atoms with Gasteiger partial charge in [-0.2, -0.15) is 0 Å². The van der Waals surface area contributed by atoms with Gasteiger partial charge in [0.2, 0.25) is 10.0 Å². The number of anilines is 1. The molecular formula is C16H26Cl2N4O4S. The normalized spacial score (nSPS) is 20.4. The van der Waals surface area contributed by atoms with E-state index in [1.165, 1.54) is 12.1 Å². The minimum Gasteiger partial charge on any atom is -0.378 e. The van der Waals surface area contributed by atoms with Gasteiger partial charge in [-0.05, 0) is 25.1 Å². The largest absolute Gasteiger partial charge is 0.378 e. The molecule has 0 aromatic heterocycles. The number of nitrogens with one attached hydrogen (secondary N) is 1. The lowest BCUT2D eigenvalue weighted by molar-refractivity contribution is 0.0708. The molecule has 1 amide bonds. The summed E-state index contributed by atoms with van der Waals surface area (Å²) in [4.78, 5) is 16.9. The molecule has 1 unspecified atom stereocenters. The quantitative estimate of drug-likeness (QED) is 0.706. The number of hydrogen-bond acceptors (Lipinski definition) is 6. The van der Waals surface area contributed by atoms with Crippen LogP contribution in [0.15, 0.2) is 23.1 Å². The van der Waals surface area contributed by atoms with Crippen LogP contribution in [0.1, 0.15) is 17.3 Å². The Hall–Kier alpha value is -1.10. The number of piperazine rings is 1. The number of amides is 1. The maximum Gasteiger partial charge on any atom is 0.256 e.